The molecule has 0 aromatic heterocycles. The monoisotopic (exact) mass is 225 g/mol. The van der Waals surface area contributed by atoms with Crippen LogP contribution in [0.4, 0.5) is 14.5 Å². The Labute approximate surface area is 94.9 Å². The van der Waals surface area contributed by atoms with Crippen molar-refractivity contribution in [3.05, 3.63) is 29.8 Å². The number of hydrogen-bond acceptors (Lipinski definition) is 1. The molecule has 0 amide bonds. The zero-order valence-corrected chi connectivity index (χ0v) is 9.47. The van der Waals surface area contributed by atoms with E-state index in [-0.39, 0.29) is 6.04 Å². The van der Waals surface area contributed by atoms with Gasteiger partial charge >= 0.3 is 0 Å². The van der Waals surface area contributed by atoms with E-state index in [0.717, 1.165) is 6.07 Å². The summed E-state index contributed by atoms with van der Waals surface area (Å²) in [6.07, 6.45) is 4.97. The smallest absolute Gasteiger partial charge is 0.128 e. The normalized spacial score (nSPS) is 18.7. The number of halogens is 2. The average molecular weight is 225 g/mol. The van der Waals surface area contributed by atoms with E-state index in [9.17, 15) is 8.78 Å². The molecule has 1 N–H and O–H groups in total. The Morgan fingerprint density at radius 3 is 2.25 bits per heavy atom. The van der Waals surface area contributed by atoms with Gasteiger partial charge in [-0.15, -0.1) is 0 Å². The van der Waals surface area contributed by atoms with Crippen LogP contribution in [-0.4, -0.2) is 6.04 Å². The van der Waals surface area contributed by atoms with Crippen molar-refractivity contribution in [2.24, 2.45) is 5.92 Å². The Hall–Kier alpha value is -1.12. The highest BCUT2D eigenvalue weighted by atomic mass is 19.1. The van der Waals surface area contributed by atoms with Gasteiger partial charge in [-0.2, -0.15) is 0 Å². The third-order valence-electron chi connectivity index (χ3n) is 3.36. The molecule has 0 heterocycles. The maximum Gasteiger partial charge on any atom is 0.128 e. The van der Waals surface area contributed by atoms with Crippen molar-refractivity contribution in [2.75, 3.05) is 5.32 Å². The van der Waals surface area contributed by atoms with Gasteiger partial charge in [-0.3, -0.25) is 0 Å². The summed E-state index contributed by atoms with van der Waals surface area (Å²) in [6, 6.07) is 3.86. The lowest BCUT2D eigenvalue weighted by Crippen LogP contribution is -2.23. The van der Waals surface area contributed by atoms with Crippen LogP contribution in [0.1, 0.15) is 32.6 Å². The topological polar surface area (TPSA) is 12.0 Å². The van der Waals surface area contributed by atoms with E-state index < -0.39 is 11.6 Å². The molecule has 2 rings (SSSR count). The van der Waals surface area contributed by atoms with Crippen LogP contribution < -0.4 is 5.32 Å². The number of rotatable bonds is 3. The summed E-state index contributed by atoms with van der Waals surface area (Å²) in [5.74, 6) is -0.423. The summed E-state index contributed by atoms with van der Waals surface area (Å²) in [4.78, 5) is 0. The second-order valence-corrected chi connectivity index (χ2v) is 4.64. The van der Waals surface area contributed by atoms with Gasteiger partial charge in [-0.05, 0) is 37.8 Å². The second-order valence-electron chi connectivity index (χ2n) is 4.64. The first kappa shape index (κ1) is 11.4. The zero-order valence-electron chi connectivity index (χ0n) is 9.47. The minimum Gasteiger partial charge on any atom is -0.382 e. The van der Waals surface area contributed by atoms with Crippen molar-refractivity contribution in [1.82, 2.24) is 0 Å². The first-order valence-electron chi connectivity index (χ1n) is 5.88. The predicted molar refractivity (Wildman–Crippen MR) is 61.4 cm³/mol. The number of benzene rings is 1. The molecule has 1 aromatic carbocycles. The highest BCUT2D eigenvalue weighted by Crippen LogP contribution is 2.29. The number of nitrogens with one attached hydrogen (secondary N) is 1. The van der Waals surface area contributed by atoms with Crippen LogP contribution in [0.15, 0.2) is 18.2 Å². The Kier molecular flexibility index (Phi) is 3.42. The Balaban J connectivity index is 2.02. The van der Waals surface area contributed by atoms with E-state index in [2.05, 4.69) is 12.2 Å². The molecule has 0 aliphatic heterocycles. The van der Waals surface area contributed by atoms with Crippen LogP contribution in [-0.2, 0) is 0 Å². The molecule has 1 fully saturated rings. The van der Waals surface area contributed by atoms with Gasteiger partial charge in [-0.25, -0.2) is 8.78 Å². The molecule has 16 heavy (non-hydrogen) atoms. The lowest BCUT2D eigenvalue weighted by atomic mass is 9.99. The number of hydrogen-bond donors (Lipinski definition) is 1. The third-order valence-corrected chi connectivity index (χ3v) is 3.36. The molecule has 1 atom stereocenters. The van der Waals surface area contributed by atoms with E-state index in [1.54, 1.807) is 0 Å². The van der Waals surface area contributed by atoms with Gasteiger partial charge in [0.25, 0.3) is 0 Å². The molecule has 1 unspecified atom stereocenters. The van der Waals surface area contributed by atoms with Crippen molar-refractivity contribution in [2.45, 2.75) is 38.6 Å². The summed E-state index contributed by atoms with van der Waals surface area (Å²) in [5, 5.41) is 3.19. The van der Waals surface area contributed by atoms with Gasteiger partial charge < -0.3 is 5.32 Å². The average Bonchev–Trinajstić information content (AvgIpc) is 2.68. The van der Waals surface area contributed by atoms with Gasteiger partial charge in [-0.1, -0.05) is 12.8 Å². The van der Waals surface area contributed by atoms with E-state index in [1.165, 1.54) is 37.8 Å². The van der Waals surface area contributed by atoms with Gasteiger partial charge in [0.1, 0.15) is 11.6 Å². The minimum atomic E-state index is -0.527. The predicted octanol–water partition coefficient (Wildman–Crippen LogP) is 3.96. The molecular weight excluding hydrogens is 208 g/mol. The lowest BCUT2D eigenvalue weighted by molar-refractivity contribution is 0.481. The van der Waals surface area contributed by atoms with Crippen molar-refractivity contribution in [3.63, 3.8) is 0 Å². The van der Waals surface area contributed by atoms with Crippen LogP contribution >= 0.6 is 0 Å². The molecule has 0 spiro atoms. The zero-order chi connectivity index (χ0) is 11.5. The fraction of sp³-hybridized carbons (Fsp3) is 0.538. The fourth-order valence-corrected chi connectivity index (χ4v) is 2.48. The molecule has 0 saturated heterocycles. The Bertz CT molecular complexity index is 339. The lowest BCUT2D eigenvalue weighted by Gasteiger charge is -2.21. The van der Waals surface area contributed by atoms with E-state index >= 15 is 0 Å². The summed E-state index contributed by atoms with van der Waals surface area (Å²) in [5.41, 5.74) is 0.539. The molecular formula is C13H17F2N. The molecule has 1 aromatic rings. The van der Waals surface area contributed by atoms with Gasteiger partial charge in [0.2, 0.25) is 0 Å². The first-order valence-corrected chi connectivity index (χ1v) is 5.88. The molecule has 1 aliphatic rings. The standard InChI is InChI=1S/C13H17F2N/c1-9(10-4-2-3-5-10)16-13-7-11(14)6-12(15)8-13/h6-10,16H,2-5H2,1H3. The molecule has 88 valence electrons. The second kappa shape index (κ2) is 4.81. The largest absolute Gasteiger partial charge is 0.382 e. The van der Waals surface area contributed by atoms with Gasteiger partial charge in [0.05, 0.1) is 0 Å². The third kappa shape index (κ3) is 2.71. The van der Waals surface area contributed by atoms with Crippen LogP contribution in [0.25, 0.3) is 0 Å². The molecule has 3 heteroatoms. The summed E-state index contributed by atoms with van der Waals surface area (Å²) < 4.78 is 26.0. The molecule has 1 nitrogen and oxygen atoms in total. The van der Waals surface area contributed by atoms with E-state index in [1.807, 2.05) is 0 Å². The fourth-order valence-electron chi connectivity index (χ4n) is 2.48. The Morgan fingerprint density at radius 2 is 1.69 bits per heavy atom. The molecule has 1 aliphatic carbocycles. The van der Waals surface area contributed by atoms with Crippen LogP contribution in [0.2, 0.25) is 0 Å². The van der Waals surface area contributed by atoms with E-state index in [4.69, 9.17) is 0 Å². The summed E-state index contributed by atoms with van der Waals surface area (Å²) >= 11 is 0. The van der Waals surface area contributed by atoms with Gasteiger partial charge in [0, 0.05) is 17.8 Å². The first-order chi connectivity index (χ1) is 7.65. The van der Waals surface area contributed by atoms with Gasteiger partial charge in [0.15, 0.2) is 0 Å². The summed E-state index contributed by atoms with van der Waals surface area (Å²) in [6.45, 7) is 2.08. The number of anilines is 1. The quantitative estimate of drug-likeness (QED) is 0.821. The van der Waals surface area contributed by atoms with E-state index in [0.29, 0.717) is 11.6 Å². The van der Waals surface area contributed by atoms with Crippen molar-refractivity contribution < 1.29 is 8.78 Å². The molecule has 0 radical (unpaired) electrons. The Morgan fingerprint density at radius 1 is 1.12 bits per heavy atom. The summed E-state index contributed by atoms with van der Waals surface area (Å²) in [7, 11) is 0. The minimum absolute atomic E-state index is 0.281. The highest BCUT2D eigenvalue weighted by molar-refractivity contribution is 5.44. The SMILES string of the molecule is CC(Nc1cc(F)cc(F)c1)C1CCCC1. The van der Waals surface area contributed by atoms with Crippen molar-refractivity contribution in [3.8, 4) is 0 Å². The maximum atomic E-state index is 13.0. The maximum absolute atomic E-state index is 13.0. The van der Waals surface area contributed by atoms with Crippen LogP contribution in [0, 0.1) is 17.6 Å². The highest BCUT2D eigenvalue weighted by Gasteiger charge is 2.21. The molecule has 0 bridgehead atoms. The molecule has 1 saturated carbocycles. The van der Waals surface area contributed by atoms with Crippen molar-refractivity contribution >= 4 is 5.69 Å². The van der Waals surface area contributed by atoms with Crippen LogP contribution in [0.3, 0.4) is 0 Å². The van der Waals surface area contributed by atoms with Crippen molar-refractivity contribution in [1.29, 1.82) is 0 Å². The van der Waals surface area contributed by atoms with Crippen LogP contribution in [0.5, 0.6) is 0 Å².